The van der Waals surface area contributed by atoms with Crippen LogP contribution in [0.3, 0.4) is 0 Å². The molecule has 0 amide bonds. The van der Waals surface area contributed by atoms with E-state index in [1.807, 2.05) is 0 Å². The van der Waals surface area contributed by atoms with Gasteiger partial charge in [0.15, 0.2) is 0 Å². The van der Waals surface area contributed by atoms with E-state index in [1.165, 1.54) is 6.26 Å². The zero-order valence-electron chi connectivity index (χ0n) is 10.9. The molecule has 5 nitrogen and oxygen atoms in total. The molecule has 6 heteroatoms. The summed E-state index contributed by atoms with van der Waals surface area (Å²) in [5, 5.41) is 12.8. The highest BCUT2D eigenvalue weighted by Gasteiger charge is 2.25. The summed E-state index contributed by atoms with van der Waals surface area (Å²) < 4.78 is 24.4. The molecule has 0 spiro atoms. The van der Waals surface area contributed by atoms with Crippen LogP contribution in [0.25, 0.3) is 0 Å². The number of hydrogen-bond donors (Lipinski definition) is 2. The van der Waals surface area contributed by atoms with Crippen molar-refractivity contribution in [2.75, 3.05) is 32.4 Å². The molecule has 1 rings (SSSR count). The van der Waals surface area contributed by atoms with E-state index in [0.717, 1.165) is 19.4 Å². The van der Waals surface area contributed by atoms with E-state index in [2.05, 4.69) is 5.32 Å². The van der Waals surface area contributed by atoms with Gasteiger partial charge in [0.2, 0.25) is 10.0 Å². The van der Waals surface area contributed by atoms with Gasteiger partial charge in [-0.3, -0.25) is 0 Å². The highest BCUT2D eigenvalue weighted by molar-refractivity contribution is 7.88. The molecule has 17 heavy (non-hydrogen) atoms. The fraction of sp³-hybridized carbons (Fsp3) is 1.00. The van der Waals surface area contributed by atoms with Gasteiger partial charge in [-0.1, -0.05) is 0 Å². The van der Waals surface area contributed by atoms with Crippen LogP contribution >= 0.6 is 0 Å². The minimum Gasteiger partial charge on any atom is -0.389 e. The van der Waals surface area contributed by atoms with Gasteiger partial charge in [-0.25, -0.2) is 12.7 Å². The topological polar surface area (TPSA) is 69.6 Å². The molecule has 1 unspecified atom stereocenters. The molecule has 0 bridgehead atoms. The van der Waals surface area contributed by atoms with E-state index < -0.39 is 15.6 Å². The van der Waals surface area contributed by atoms with Gasteiger partial charge in [0.05, 0.1) is 11.9 Å². The maximum atomic E-state index is 11.4. The van der Waals surface area contributed by atoms with Crippen molar-refractivity contribution >= 4 is 10.0 Å². The molecule has 0 radical (unpaired) electrons. The van der Waals surface area contributed by atoms with Gasteiger partial charge in [-0.2, -0.15) is 0 Å². The van der Waals surface area contributed by atoms with Gasteiger partial charge >= 0.3 is 0 Å². The molecule has 102 valence electrons. The van der Waals surface area contributed by atoms with Crippen LogP contribution in [0.4, 0.5) is 0 Å². The van der Waals surface area contributed by atoms with Crippen LogP contribution in [0.2, 0.25) is 0 Å². The molecule has 0 aliphatic carbocycles. The lowest BCUT2D eigenvalue weighted by Crippen LogP contribution is -2.44. The van der Waals surface area contributed by atoms with E-state index in [0.29, 0.717) is 25.6 Å². The van der Waals surface area contributed by atoms with Gasteiger partial charge in [0, 0.05) is 19.6 Å². The Morgan fingerprint density at radius 2 is 2.12 bits per heavy atom. The number of rotatable bonds is 5. The minimum atomic E-state index is -3.06. The lowest BCUT2D eigenvalue weighted by Gasteiger charge is -2.31. The van der Waals surface area contributed by atoms with E-state index in [9.17, 15) is 13.5 Å². The summed E-state index contributed by atoms with van der Waals surface area (Å²) >= 11 is 0. The molecule has 1 heterocycles. The van der Waals surface area contributed by atoms with Crippen LogP contribution in [0.5, 0.6) is 0 Å². The summed E-state index contributed by atoms with van der Waals surface area (Å²) in [5.74, 6) is 0.348. The summed E-state index contributed by atoms with van der Waals surface area (Å²) in [6, 6.07) is 0. The van der Waals surface area contributed by atoms with Crippen LogP contribution in [0.15, 0.2) is 0 Å². The third kappa shape index (κ3) is 5.81. The zero-order valence-corrected chi connectivity index (χ0v) is 11.8. The van der Waals surface area contributed by atoms with Crippen molar-refractivity contribution in [3.63, 3.8) is 0 Å². The first-order valence-electron chi connectivity index (χ1n) is 6.07. The van der Waals surface area contributed by atoms with Crippen molar-refractivity contribution in [2.45, 2.75) is 32.3 Å². The summed E-state index contributed by atoms with van der Waals surface area (Å²) in [4.78, 5) is 0. The highest BCUT2D eigenvalue weighted by Crippen LogP contribution is 2.18. The normalized spacial score (nSPS) is 23.9. The fourth-order valence-corrected chi connectivity index (χ4v) is 3.02. The molecule has 0 aromatic rings. The largest absolute Gasteiger partial charge is 0.389 e. The van der Waals surface area contributed by atoms with Crippen molar-refractivity contribution in [2.24, 2.45) is 5.92 Å². The molecule has 1 fully saturated rings. The van der Waals surface area contributed by atoms with Gasteiger partial charge in [-0.05, 0) is 39.2 Å². The first-order valence-corrected chi connectivity index (χ1v) is 7.91. The number of nitrogens with zero attached hydrogens (tertiary/aromatic N) is 1. The van der Waals surface area contributed by atoms with E-state index in [-0.39, 0.29) is 0 Å². The zero-order chi connectivity index (χ0) is 13.1. The molecule has 1 atom stereocenters. The van der Waals surface area contributed by atoms with Gasteiger partial charge in [0.1, 0.15) is 0 Å². The molecular weight excluding hydrogens is 240 g/mol. The summed E-state index contributed by atoms with van der Waals surface area (Å²) in [6.45, 7) is 6.03. The number of hydrogen-bond acceptors (Lipinski definition) is 4. The average molecular weight is 264 g/mol. The molecule has 1 saturated heterocycles. The van der Waals surface area contributed by atoms with Crippen molar-refractivity contribution in [3.05, 3.63) is 0 Å². The van der Waals surface area contributed by atoms with Crippen LogP contribution in [-0.2, 0) is 10.0 Å². The molecule has 0 saturated carbocycles. The molecule has 0 aromatic heterocycles. The Labute approximate surface area is 104 Å². The number of nitrogens with one attached hydrogen (secondary N) is 1. The standard InChI is InChI=1S/C11H24N2O3S/c1-11(2,14)9-12-7-10-5-4-6-13(8-10)17(3,15)16/h10,12,14H,4-9H2,1-3H3. The second-order valence-electron chi connectivity index (χ2n) is 5.57. The number of piperidine rings is 1. The molecular formula is C11H24N2O3S. The number of sulfonamides is 1. The Hall–Kier alpha value is -0.170. The molecule has 2 N–H and O–H groups in total. The predicted octanol–water partition coefficient (Wildman–Crippen LogP) is 0.0185. The molecule has 1 aliphatic heterocycles. The van der Waals surface area contributed by atoms with E-state index in [1.54, 1.807) is 18.2 Å². The second-order valence-corrected chi connectivity index (χ2v) is 7.56. The third-order valence-corrected chi connectivity index (χ3v) is 4.21. The predicted molar refractivity (Wildman–Crippen MR) is 68.3 cm³/mol. The van der Waals surface area contributed by atoms with E-state index in [4.69, 9.17) is 0 Å². The molecule has 0 aromatic carbocycles. The highest BCUT2D eigenvalue weighted by atomic mass is 32.2. The summed E-state index contributed by atoms with van der Waals surface area (Å²) in [7, 11) is -3.06. The smallest absolute Gasteiger partial charge is 0.211 e. The monoisotopic (exact) mass is 264 g/mol. The van der Waals surface area contributed by atoms with Crippen LogP contribution in [0, 0.1) is 5.92 Å². The van der Waals surface area contributed by atoms with E-state index >= 15 is 0 Å². The van der Waals surface area contributed by atoms with Gasteiger partial charge in [0.25, 0.3) is 0 Å². The van der Waals surface area contributed by atoms with Crippen molar-refractivity contribution in [1.82, 2.24) is 9.62 Å². The third-order valence-electron chi connectivity index (χ3n) is 2.94. The first-order chi connectivity index (χ1) is 7.68. The summed E-state index contributed by atoms with van der Waals surface area (Å²) in [6.07, 6.45) is 3.23. The quantitative estimate of drug-likeness (QED) is 0.734. The lowest BCUT2D eigenvalue weighted by molar-refractivity contribution is 0.0776. The Bertz CT molecular complexity index is 335. The van der Waals surface area contributed by atoms with Crippen molar-refractivity contribution in [1.29, 1.82) is 0 Å². The Morgan fingerprint density at radius 1 is 1.47 bits per heavy atom. The lowest BCUT2D eigenvalue weighted by atomic mass is 9.99. The van der Waals surface area contributed by atoms with Crippen LogP contribution in [-0.4, -0.2) is 55.9 Å². The van der Waals surface area contributed by atoms with Crippen molar-refractivity contribution < 1.29 is 13.5 Å². The Kier molecular flexibility index (Phi) is 4.95. The maximum Gasteiger partial charge on any atom is 0.211 e. The maximum absolute atomic E-state index is 11.4. The Balaban J connectivity index is 2.36. The average Bonchev–Trinajstić information content (AvgIpc) is 2.15. The van der Waals surface area contributed by atoms with Gasteiger partial charge < -0.3 is 10.4 Å². The van der Waals surface area contributed by atoms with Crippen LogP contribution < -0.4 is 5.32 Å². The van der Waals surface area contributed by atoms with Gasteiger partial charge in [-0.15, -0.1) is 0 Å². The first kappa shape index (κ1) is 14.9. The number of aliphatic hydroxyl groups is 1. The van der Waals surface area contributed by atoms with Crippen molar-refractivity contribution in [3.8, 4) is 0 Å². The Morgan fingerprint density at radius 3 is 2.65 bits per heavy atom. The minimum absolute atomic E-state index is 0.348. The second kappa shape index (κ2) is 5.65. The SMILES string of the molecule is CC(C)(O)CNCC1CCCN(S(C)(=O)=O)C1. The fourth-order valence-electron chi connectivity index (χ4n) is 2.08. The van der Waals surface area contributed by atoms with Crippen LogP contribution in [0.1, 0.15) is 26.7 Å². The summed E-state index contributed by atoms with van der Waals surface area (Å²) in [5.41, 5.74) is -0.717. The molecule has 1 aliphatic rings.